The summed E-state index contributed by atoms with van der Waals surface area (Å²) in [6.45, 7) is 13.3. The number of hydrogen-bond donors (Lipinski definition) is 0. The first kappa shape index (κ1) is 79.8. The van der Waals surface area contributed by atoms with E-state index >= 15 is 0 Å². The van der Waals surface area contributed by atoms with Gasteiger partial charge in [-0.15, -0.1) is 0 Å². The Morgan fingerprint density at radius 3 is 0.742 bits per heavy atom. The second-order valence-electron chi connectivity index (χ2n) is 25.0. The molecule has 18 nitrogen and oxygen atoms in total. The molecule has 0 radical (unpaired) electrons. The van der Waals surface area contributed by atoms with Crippen LogP contribution in [0.3, 0.4) is 0 Å². The van der Waals surface area contributed by atoms with E-state index in [1.54, 1.807) is 0 Å². The van der Waals surface area contributed by atoms with Gasteiger partial charge < -0.3 is 52.1 Å². The van der Waals surface area contributed by atoms with Gasteiger partial charge in [0.25, 0.3) is 0 Å². The molecule has 0 unspecified atom stereocenters. The van der Waals surface area contributed by atoms with Crippen molar-refractivity contribution in [3.8, 4) is 23.0 Å². The minimum atomic E-state index is -0.692. The Hall–Kier alpha value is -7.89. The van der Waals surface area contributed by atoms with Gasteiger partial charge in [-0.2, -0.15) is 0 Å². The van der Waals surface area contributed by atoms with Crippen LogP contribution in [0.2, 0.25) is 0 Å². The molecule has 0 N–H and O–H groups in total. The SMILES string of the molecule is C=CC(=O)OCCCOc1c2cc(CCCCCC)cc1Cc1cc(CCCCCC)cc(c1OCCCOC(=O)CC(=O)OC)Cc1cc(CCCCCC)cc(c1OCCCOC(=O)CC(=O)OC)Cc1cc(CCCCCC)cc(c1OCCCOC(=O)CC(=O)OC)C2. The lowest BCUT2D eigenvalue weighted by atomic mass is 9.87. The quantitative estimate of drug-likeness (QED) is 0.0116. The molecule has 0 fully saturated rings. The van der Waals surface area contributed by atoms with Crippen molar-refractivity contribution in [2.45, 2.75) is 227 Å². The number of methoxy groups -OCH3 is 3. The van der Waals surface area contributed by atoms with Crippen LogP contribution in [0.25, 0.3) is 0 Å². The van der Waals surface area contributed by atoms with Gasteiger partial charge in [0.2, 0.25) is 0 Å². The summed E-state index contributed by atoms with van der Waals surface area (Å²) in [6.07, 6.45) is 22.8. The maximum atomic E-state index is 12.7. The van der Waals surface area contributed by atoms with Crippen LogP contribution in [0.15, 0.2) is 61.2 Å². The Morgan fingerprint density at radius 2 is 0.536 bits per heavy atom. The third-order valence-electron chi connectivity index (χ3n) is 16.9. The zero-order chi connectivity index (χ0) is 70.0. The number of rotatable bonds is 47. The summed E-state index contributed by atoms with van der Waals surface area (Å²) < 4.78 is 64.6. The molecular weight excluding hydrogens is 1240 g/mol. The van der Waals surface area contributed by atoms with Crippen molar-refractivity contribution in [1.29, 1.82) is 0 Å². The molecule has 0 heterocycles. The van der Waals surface area contributed by atoms with Crippen LogP contribution in [-0.2, 0) is 118 Å². The number of carbonyl (C=O) groups is 7. The standard InChI is InChI=1S/C79H110O18/c1-9-14-18-22-30-57-42-61-50-63-44-58(31-23-19-15-10-2)46-65(77(63)95-39-27-35-91-73(84)54-70(81)87-6)52-67-48-60(33-25-21-17-12-4)49-68(79(67)97-41-29-37-93-75(86)56-72(83)89-8)53-66-47-59(32-24-20-16-11-3)45-64(78(66)96-40-28-36-92-74(85)55-71(82)88-7)51-62(43-57)76(61)94-38-26-34-90-69(80)13-5/h13,42-49H,5,9-12,14-41,50-56H2,1-4,6-8H3. The number of esters is 7. The fraction of sp³-hybridized carbons (Fsp3) is 0.582. The molecule has 18 heteroatoms. The number of unbranched alkanes of at least 4 members (excludes halogenated alkanes) is 12. The number of fused-ring (bicyclic) bond motifs is 8. The van der Waals surface area contributed by atoms with Gasteiger partial charge in [-0.05, 0) is 118 Å². The van der Waals surface area contributed by atoms with E-state index < -0.39 is 61.0 Å². The molecule has 0 aliphatic heterocycles. The Labute approximate surface area is 576 Å². The smallest absolute Gasteiger partial charge is 0.330 e. The lowest BCUT2D eigenvalue weighted by Crippen LogP contribution is -2.15. The normalized spacial score (nSPS) is 11.6. The summed E-state index contributed by atoms with van der Waals surface area (Å²) in [6, 6.07) is 18.2. The fourth-order valence-corrected chi connectivity index (χ4v) is 12.0. The second kappa shape index (κ2) is 46.3. The zero-order valence-corrected chi connectivity index (χ0v) is 59.3. The predicted molar refractivity (Wildman–Crippen MR) is 373 cm³/mol. The molecule has 0 saturated heterocycles. The van der Waals surface area contributed by atoms with E-state index in [4.69, 9.17) is 52.1 Å². The Bertz CT molecular complexity index is 2970. The van der Waals surface area contributed by atoms with Crippen molar-refractivity contribution in [1.82, 2.24) is 0 Å². The minimum Gasteiger partial charge on any atom is -0.493 e. The summed E-state index contributed by atoms with van der Waals surface area (Å²) in [5.41, 5.74) is 12.1. The molecular formula is C79H110O18. The Morgan fingerprint density at radius 1 is 0.309 bits per heavy atom. The van der Waals surface area contributed by atoms with Crippen molar-refractivity contribution < 1.29 is 85.7 Å². The fourth-order valence-electron chi connectivity index (χ4n) is 12.0. The minimum absolute atomic E-state index is 0.00389. The van der Waals surface area contributed by atoms with Crippen LogP contribution in [0.5, 0.6) is 23.0 Å². The molecule has 4 aromatic rings. The summed E-state index contributed by atoms with van der Waals surface area (Å²) in [4.78, 5) is 86.5. The van der Waals surface area contributed by atoms with E-state index in [9.17, 15) is 33.6 Å². The van der Waals surface area contributed by atoms with Gasteiger partial charge in [0, 0.05) is 57.4 Å². The van der Waals surface area contributed by atoms with Gasteiger partial charge in [-0.3, -0.25) is 28.8 Å². The van der Waals surface area contributed by atoms with Crippen molar-refractivity contribution in [3.63, 3.8) is 0 Å². The summed E-state index contributed by atoms with van der Waals surface area (Å²) in [7, 11) is 3.68. The van der Waals surface area contributed by atoms with E-state index in [-0.39, 0.29) is 52.9 Å². The topological polar surface area (TPSA) is 221 Å². The molecule has 0 atom stereocenters. The van der Waals surface area contributed by atoms with Crippen molar-refractivity contribution >= 4 is 41.8 Å². The highest BCUT2D eigenvalue weighted by Crippen LogP contribution is 2.42. The number of carbonyl (C=O) groups excluding carboxylic acids is 7. The predicted octanol–water partition coefficient (Wildman–Crippen LogP) is 15.0. The average molecular weight is 1350 g/mol. The molecule has 4 aromatic carbocycles. The maximum absolute atomic E-state index is 12.7. The van der Waals surface area contributed by atoms with Crippen LogP contribution < -0.4 is 18.9 Å². The molecule has 0 aromatic heterocycles. The summed E-state index contributed by atoms with van der Waals surface area (Å²) in [5, 5.41) is 0. The van der Waals surface area contributed by atoms with Gasteiger partial charge in [0.15, 0.2) is 0 Å². The molecule has 0 saturated carbocycles. The largest absolute Gasteiger partial charge is 0.493 e. The number of hydrogen-bond acceptors (Lipinski definition) is 18. The van der Waals surface area contributed by atoms with Gasteiger partial charge in [0.1, 0.15) is 42.3 Å². The third-order valence-corrected chi connectivity index (χ3v) is 16.9. The highest BCUT2D eigenvalue weighted by atomic mass is 16.6. The van der Waals surface area contributed by atoms with Crippen LogP contribution >= 0.6 is 0 Å². The van der Waals surface area contributed by atoms with Crippen molar-refractivity contribution in [2.75, 3.05) is 74.2 Å². The van der Waals surface area contributed by atoms with E-state index in [0.29, 0.717) is 74.4 Å². The summed E-state index contributed by atoms with van der Waals surface area (Å²) in [5.74, 6) is -1.88. The van der Waals surface area contributed by atoms with Gasteiger partial charge in [-0.25, -0.2) is 4.79 Å². The molecule has 0 amide bonds. The van der Waals surface area contributed by atoms with Crippen LogP contribution in [0.1, 0.15) is 242 Å². The summed E-state index contributed by atoms with van der Waals surface area (Å²) >= 11 is 0. The molecule has 5 rings (SSSR count). The lowest BCUT2D eigenvalue weighted by molar-refractivity contribution is -0.155. The molecule has 534 valence electrons. The maximum Gasteiger partial charge on any atom is 0.330 e. The van der Waals surface area contributed by atoms with E-state index in [2.05, 4.69) is 82.8 Å². The molecule has 1 aliphatic carbocycles. The van der Waals surface area contributed by atoms with E-state index in [0.717, 1.165) is 201 Å². The van der Waals surface area contributed by atoms with Gasteiger partial charge >= 0.3 is 41.8 Å². The molecule has 97 heavy (non-hydrogen) atoms. The first-order valence-electron chi connectivity index (χ1n) is 35.7. The molecule has 0 spiro atoms. The Kier molecular flexibility index (Phi) is 38.1. The van der Waals surface area contributed by atoms with E-state index in [1.165, 1.54) is 21.3 Å². The van der Waals surface area contributed by atoms with Crippen LogP contribution in [-0.4, -0.2) is 116 Å². The van der Waals surface area contributed by atoms with Crippen molar-refractivity contribution in [3.05, 3.63) is 128 Å². The Balaban J connectivity index is 1.89. The number of aryl methyl sites for hydroxylation is 4. The number of benzene rings is 4. The average Bonchev–Trinajstić information content (AvgIpc) is 0.780. The molecule has 8 bridgehead atoms. The highest BCUT2D eigenvalue weighted by Gasteiger charge is 2.26. The monoisotopic (exact) mass is 1350 g/mol. The van der Waals surface area contributed by atoms with Gasteiger partial charge in [-0.1, -0.05) is 160 Å². The zero-order valence-electron chi connectivity index (χ0n) is 59.3. The third kappa shape index (κ3) is 29.8. The second-order valence-corrected chi connectivity index (χ2v) is 25.0. The molecule has 1 aliphatic rings. The highest BCUT2D eigenvalue weighted by molar-refractivity contribution is 5.92. The van der Waals surface area contributed by atoms with Crippen LogP contribution in [0, 0.1) is 0 Å². The van der Waals surface area contributed by atoms with Gasteiger partial charge in [0.05, 0.1) is 74.2 Å². The van der Waals surface area contributed by atoms with E-state index in [1.807, 2.05) is 0 Å². The lowest BCUT2D eigenvalue weighted by Gasteiger charge is -2.25. The first-order valence-corrected chi connectivity index (χ1v) is 35.7. The number of ether oxygens (including phenoxy) is 11. The first-order chi connectivity index (χ1) is 47.1. The van der Waals surface area contributed by atoms with Crippen molar-refractivity contribution in [2.24, 2.45) is 0 Å². The van der Waals surface area contributed by atoms with Crippen LogP contribution in [0.4, 0.5) is 0 Å².